The average Bonchev–Trinajstić information content (AvgIpc) is 3.67. The van der Waals surface area contributed by atoms with E-state index in [1.807, 2.05) is 17.5 Å². The quantitative estimate of drug-likeness (QED) is 0.277. The van der Waals surface area contributed by atoms with Gasteiger partial charge < -0.3 is 23.8 Å². The second-order valence-electron chi connectivity index (χ2n) is 10.9. The number of carbonyl (C=O) groups excluding carboxylic acids is 2. The van der Waals surface area contributed by atoms with Gasteiger partial charge in [-0.15, -0.1) is 11.3 Å². The molecule has 1 aromatic carbocycles. The first-order valence-electron chi connectivity index (χ1n) is 13.6. The van der Waals surface area contributed by atoms with Gasteiger partial charge in [0.2, 0.25) is 0 Å². The monoisotopic (exact) mass is 528 g/mol. The number of fused-ring (bicyclic) bond motifs is 3. The van der Waals surface area contributed by atoms with E-state index in [2.05, 4.69) is 0 Å². The van der Waals surface area contributed by atoms with Gasteiger partial charge in [0.1, 0.15) is 12.3 Å². The Kier molecular flexibility index (Phi) is 7.88. The van der Waals surface area contributed by atoms with Crippen molar-refractivity contribution in [3.8, 4) is 5.75 Å². The summed E-state index contributed by atoms with van der Waals surface area (Å²) in [6.45, 7) is 4.58. The van der Waals surface area contributed by atoms with Gasteiger partial charge >= 0.3 is 11.9 Å². The van der Waals surface area contributed by atoms with Gasteiger partial charge in [0.15, 0.2) is 11.7 Å². The summed E-state index contributed by atoms with van der Waals surface area (Å²) in [5.74, 6) is 0.239. The largest absolute Gasteiger partial charge is 0.493 e. The number of benzene rings is 1. The summed E-state index contributed by atoms with van der Waals surface area (Å²) in [4.78, 5) is 25.9. The number of thiophene rings is 1. The lowest BCUT2D eigenvalue weighted by Crippen LogP contribution is -2.65. The Hall–Kier alpha value is -2.42. The minimum Gasteiger partial charge on any atom is -0.493 e. The summed E-state index contributed by atoms with van der Waals surface area (Å²) in [6.07, 6.45) is 6.68. The number of quaternary nitrogens is 1. The van der Waals surface area contributed by atoms with E-state index in [1.54, 1.807) is 24.3 Å². The molecule has 1 N–H and O–H groups in total. The maximum Gasteiger partial charge on any atom is 0.344 e. The number of hydrogen-bond acceptors (Lipinski definition) is 7. The maximum absolute atomic E-state index is 13.6. The molecule has 1 saturated carbocycles. The third kappa shape index (κ3) is 5.42. The van der Waals surface area contributed by atoms with Crippen molar-refractivity contribution in [2.24, 2.45) is 11.8 Å². The van der Waals surface area contributed by atoms with E-state index in [0.29, 0.717) is 23.0 Å². The molecular weight excluding hydrogens is 490 g/mol. The first kappa shape index (κ1) is 26.2. The molecule has 3 aliphatic heterocycles. The number of nitrogens with zero attached hydrogens (tertiary/aromatic N) is 1. The molecule has 0 amide bonds. The number of carbonyl (C=O) groups is 2. The number of rotatable bonds is 10. The summed E-state index contributed by atoms with van der Waals surface area (Å²) in [7, 11) is 1.37. The van der Waals surface area contributed by atoms with Gasteiger partial charge in [0.05, 0.1) is 38.9 Å². The molecule has 0 radical (unpaired) electrons. The fraction of sp³-hybridized carbons (Fsp3) is 0.586. The van der Waals surface area contributed by atoms with Crippen molar-refractivity contribution in [2.75, 3.05) is 39.9 Å². The topological polar surface area (TPSA) is 82.1 Å². The third-order valence-electron chi connectivity index (χ3n) is 8.77. The van der Waals surface area contributed by atoms with Crippen molar-refractivity contribution < 1.29 is 33.4 Å². The van der Waals surface area contributed by atoms with Crippen molar-refractivity contribution in [3.63, 3.8) is 0 Å². The van der Waals surface area contributed by atoms with Crippen LogP contribution >= 0.6 is 11.3 Å². The highest BCUT2D eigenvalue weighted by Gasteiger charge is 2.53. The van der Waals surface area contributed by atoms with E-state index in [0.717, 1.165) is 81.4 Å². The van der Waals surface area contributed by atoms with Gasteiger partial charge in [-0.3, -0.25) is 0 Å². The number of aliphatic hydroxyl groups is 1. The van der Waals surface area contributed by atoms with Crippen LogP contribution in [0.1, 0.15) is 60.2 Å². The zero-order valence-corrected chi connectivity index (χ0v) is 22.4. The predicted octanol–water partition coefficient (Wildman–Crippen LogP) is 4.53. The van der Waals surface area contributed by atoms with Crippen molar-refractivity contribution >= 4 is 23.3 Å². The lowest BCUT2D eigenvalue weighted by Gasteiger charge is -2.52. The molecule has 6 rings (SSSR count). The zero-order valence-electron chi connectivity index (χ0n) is 21.6. The van der Waals surface area contributed by atoms with Gasteiger partial charge in [0, 0.05) is 36.0 Å². The van der Waals surface area contributed by atoms with Gasteiger partial charge in [0.25, 0.3) is 0 Å². The van der Waals surface area contributed by atoms with Crippen LogP contribution in [0, 0.1) is 11.8 Å². The van der Waals surface area contributed by atoms with Crippen LogP contribution in [0.3, 0.4) is 0 Å². The van der Waals surface area contributed by atoms with Gasteiger partial charge in [-0.1, -0.05) is 18.9 Å². The van der Waals surface area contributed by atoms with E-state index in [9.17, 15) is 14.7 Å². The van der Waals surface area contributed by atoms with E-state index in [4.69, 9.17) is 14.2 Å². The Morgan fingerprint density at radius 3 is 2.46 bits per heavy atom. The van der Waals surface area contributed by atoms with E-state index < -0.39 is 11.6 Å². The Morgan fingerprint density at radius 1 is 1.08 bits per heavy atom. The summed E-state index contributed by atoms with van der Waals surface area (Å²) in [5.41, 5.74) is -1.03. The molecule has 8 heteroatoms. The number of piperidine rings is 3. The second-order valence-corrected chi connectivity index (χ2v) is 11.9. The first-order valence-corrected chi connectivity index (χ1v) is 14.5. The van der Waals surface area contributed by atoms with Crippen molar-refractivity contribution in [1.82, 2.24) is 0 Å². The number of hydrogen-bond donors (Lipinski definition) is 1. The predicted molar refractivity (Wildman–Crippen MR) is 140 cm³/mol. The second kappa shape index (κ2) is 11.1. The molecule has 4 fully saturated rings. The molecule has 1 aliphatic carbocycles. The number of ether oxygens (including phenoxy) is 3. The van der Waals surface area contributed by atoms with Crippen molar-refractivity contribution in [2.45, 2.75) is 56.7 Å². The molecule has 7 nitrogen and oxygen atoms in total. The standard InChI is InChI=1S/C29H38NO6S/c1-34-27(31)22-9-11-24(12-10-22)35-18-5-15-30-16-13-21(14-17-30)25(20-30)36-28(32)29(33,23-6-2-3-7-23)26-8-4-19-37-26/h4,8-12,19,21,23,25,33H,2-3,5-7,13-18,20H2,1H3/q+1/t21?,25-,29+,30?/m0/s1. The molecule has 200 valence electrons. The van der Waals surface area contributed by atoms with Crippen LogP contribution in [0.25, 0.3) is 0 Å². The van der Waals surface area contributed by atoms with Crippen molar-refractivity contribution in [1.29, 1.82) is 0 Å². The van der Waals surface area contributed by atoms with Gasteiger partial charge in [-0.25, -0.2) is 9.59 Å². The Bertz CT molecular complexity index is 1060. The minimum atomic E-state index is -1.53. The number of esters is 2. The Morgan fingerprint density at radius 2 is 1.81 bits per heavy atom. The summed E-state index contributed by atoms with van der Waals surface area (Å²) < 4.78 is 17.8. The van der Waals surface area contributed by atoms with Crippen LogP contribution in [0.4, 0.5) is 0 Å². The summed E-state index contributed by atoms with van der Waals surface area (Å²) in [5, 5.41) is 13.7. The molecule has 2 atom stereocenters. The van der Waals surface area contributed by atoms with Crippen LogP contribution in [0.2, 0.25) is 0 Å². The molecule has 2 bridgehead atoms. The smallest absolute Gasteiger partial charge is 0.344 e. The lowest BCUT2D eigenvalue weighted by atomic mass is 9.82. The summed E-state index contributed by atoms with van der Waals surface area (Å²) >= 11 is 1.45. The SMILES string of the molecule is COC(=O)c1ccc(OCCC[N+]23CCC(CC2)[C@@H](OC(=O)[C@](O)(c2cccs2)C2CCCC2)C3)cc1. The third-order valence-corrected chi connectivity index (χ3v) is 9.77. The average molecular weight is 529 g/mol. The Labute approximate surface area is 222 Å². The minimum absolute atomic E-state index is 0.0679. The van der Waals surface area contributed by atoms with Crippen LogP contribution in [-0.4, -0.2) is 67.5 Å². The molecule has 1 aromatic heterocycles. The van der Waals surface area contributed by atoms with E-state index in [1.165, 1.54) is 18.4 Å². The zero-order chi connectivity index (χ0) is 25.9. The highest BCUT2D eigenvalue weighted by atomic mass is 32.1. The Balaban J connectivity index is 1.17. The highest BCUT2D eigenvalue weighted by molar-refractivity contribution is 7.10. The maximum atomic E-state index is 13.6. The van der Waals surface area contributed by atoms with E-state index in [-0.39, 0.29) is 18.0 Å². The van der Waals surface area contributed by atoms with Crippen LogP contribution < -0.4 is 4.74 Å². The molecular formula is C29H38NO6S+. The fourth-order valence-electron chi connectivity index (χ4n) is 6.60. The fourth-order valence-corrected chi connectivity index (χ4v) is 7.49. The first-order chi connectivity index (χ1) is 17.9. The lowest BCUT2D eigenvalue weighted by molar-refractivity contribution is -0.946. The molecule has 37 heavy (non-hydrogen) atoms. The van der Waals surface area contributed by atoms with Gasteiger partial charge in [-0.05, 0) is 48.6 Å². The van der Waals surface area contributed by atoms with E-state index >= 15 is 0 Å². The summed E-state index contributed by atoms with van der Waals surface area (Å²) in [6, 6.07) is 10.8. The van der Waals surface area contributed by atoms with Crippen LogP contribution in [0.15, 0.2) is 41.8 Å². The normalized spacial score (nSPS) is 27.0. The van der Waals surface area contributed by atoms with Crippen LogP contribution in [-0.2, 0) is 19.9 Å². The highest BCUT2D eigenvalue weighted by Crippen LogP contribution is 2.44. The van der Waals surface area contributed by atoms with Gasteiger partial charge in [-0.2, -0.15) is 0 Å². The van der Waals surface area contributed by atoms with Crippen molar-refractivity contribution in [3.05, 3.63) is 52.2 Å². The molecule has 2 aromatic rings. The molecule has 0 spiro atoms. The van der Waals surface area contributed by atoms with Crippen LogP contribution in [0.5, 0.6) is 5.75 Å². The molecule has 4 aliphatic rings. The number of methoxy groups -OCH3 is 1. The molecule has 4 heterocycles. The molecule has 0 unspecified atom stereocenters. The molecule has 3 saturated heterocycles.